The average molecular weight is 406 g/mol. The summed E-state index contributed by atoms with van der Waals surface area (Å²) in [7, 11) is 0. The van der Waals surface area contributed by atoms with Gasteiger partial charge in [0.2, 0.25) is 5.91 Å². The highest BCUT2D eigenvalue weighted by atomic mass is 35.5. The topological polar surface area (TPSA) is 62.7 Å². The monoisotopic (exact) mass is 405 g/mol. The van der Waals surface area contributed by atoms with E-state index in [0.717, 1.165) is 11.3 Å². The number of hydrogen-bond acceptors (Lipinski definition) is 5. The van der Waals surface area contributed by atoms with Crippen LogP contribution in [0.15, 0.2) is 79.1 Å². The number of anilines is 2. The van der Waals surface area contributed by atoms with E-state index >= 15 is 0 Å². The van der Waals surface area contributed by atoms with Crippen LogP contribution in [0.4, 0.5) is 11.4 Å². The third-order valence-corrected chi connectivity index (χ3v) is 5.49. The van der Waals surface area contributed by atoms with Gasteiger partial charge in [0, 0.05) is 17.4 Å². The van der Waals surface area contributed by atoms with Crippen LogP contribution in [0, 0.1) is 5.92 Å². The number of aromatic nitrogens is 1. The van der Waals surface area contributed by atoms with Gasteiger partial charge in [-0.25, -0.2) is 9.96 Å². The van der Waals surface area contributed by atoms with Crippen molar-refractivity contribution >= 4 is 34.8 Å². The Kier molecular flexibility index (Phi) is 4.30. The minimum atomic E-state index is -0.899. The third-order valence-electron chi connectivity index (χ3n) is 5.24. The summed E-state index contributed by atoms with van der Waals surface area (Å²) in [6.45, 7) is 0. The Labute approximate surface area is 172 Å². The molecule has 2 aromatic carbocycles. The highest BCUT2D eigenvalue weighted by Gasteiger charge is 2.60. The van der Waals surface area contributed by atoms with Gasteiger partial charge in [-0.05, 0) is 48.0 Å². The fourth-order valence-corrected chi connectivity index (χ4v) is 4.07. The summed E-state index contributed by atoms with van der Waals surface area (Å²) in [6.07, 6.45) is 2.48. The van der Waals surface area contributed by atoms with Gasteiger partial charge in [0.25, 0.3) is 5.91 Å². The molecular weight excluding hydrogens is 390 g/mol. The lowest BCUT2D eigenvalue weighted by atomic mass is 9.91. The molecule has 5 rings (SSSR count). The molecular formula is C22H16ClN3O3. The minimum absolute atomic E-state index is 0.297. The van der Waals surface area contributed by atoms with Crippen molar-refractivity contribution in [2.75, 3.05) is 9.96 Å². The number of amides is 2. The molecule has 6 nitrogen and oxygen atoms in total. The van der Waals surface area contributed by atoms with Crippen molar-refractivity contribution in [2.45, 2.75) is 12.1 Å². The molecule has 0 saturated carbocycles. The van der Waals surface area contributed by atoms with Crippen molar-refractivity contribution in [3.05, 3.63) is 89.7 Å². The summed E-state index contributed by atoms with van der Waals surface area (Å²) < 4.78 is 0. The summed E-state index contributed by atoms with van der Waals surface area (Å²) in [4.78, 5) is 38.0. The molecule has 29 heavy (non-hydrogen) atoms. The number of pyridine rings is 1. The maximum Gasteiger partial charge on any atom is 0.266 e. The smallest absolute Gasteiger partial charge is 0.266 e. The number of fused-ring (bicyclic) bond motifs is 1. The number of carbonyl (C=O) groups is 2. The maximum absolute atomic E-state index is 13.4. The summed E-state index contributed by atoms with van der Waals surface area (Å²) in [5.74, 6) is -1.35. The van der Waals surface area contributed by atoms with Gasteiger partial charge < -0.3 is 0 Å². The molecule has 0 spiro atoms. The van der Waals surface area contributed by atoms with Crippen molar-refractivity contribution in [1.29, 1.82) is 0 Å². The van der Waals surface area contributed by atoms with E-state index in [0.29, 0.717) is 10.7 Å². The van der Waals surface area contributed by atoms with Gasteiger partial charge in [0.1, 0.15) is 5.92 Å². The number of halogens is 1. The van der Waals surface area contributed by atoms with Gasteiger partial charge in [-0.15, -0.1) is 0 Å². The molecule has 0 unspecified atom stereocenters. The Morgan fingerprint density at radius 2 is 1.62 bits per heavy atom. The number of rotatable bonds is 3. The van der Waals surface area contributed by atoms with Gasteiger partial charge in [-0.3, -0.25) is 19.4 Å². The van der Waals surface area contributed by atoms with Crippen molar-refractivity contribution in [3.8, 4) is 0 Å². The molecule has 3 aromatic rings. The fourth-order valence-electron chi connectivity index (χ4n) is 3.95. The first-order valence-corrected chi connectivity index (χ1v) is 9.57. The second kappa shape index (κ2) is 6.99. The lowest BCUT2D eigenvalue weighted by Crippen LogP contribution is -2.37. The molecule has 0 N–H and O–H groups in total. The molecule has 2 aliphatic rings. The van der Waals surface area contributed by atoms with Crippen molar-refractivity contribution in [2.24, 2.45) is 5.92 Å². The molecule has 2 fully saturated rings. The number of nitrogens with zero attached hydrogens (tertiary/aromatic N) is 3. The first-order chi connectivity index (χ1) is 14.1. The minimum Gasteiger partial charge on any atom is -0.273 e. The second-order valence-corrected chi connectivity index (χ2v) is 7.37. The highest BCUT2D eigenvalue weighted by Crippen LogP contribution is 2.47. The third kappa shape index (κ3) is 2.88. The van der Waals surface area contributed by atoms with Crippen LogP contribution in [0.2, 0.25) is 5.02 Å². The average Bonchev–Trinajstić information content (AvgIpc) is 3.27. The van der Waals surface area contributed by atoms with Crippen LogP contribution in [-0.2, 0) is 14.4 Å². The van der Waals surface area contributed by atoms with Crippen LogP contribution in [-0.4, -0.2) is 22.9 Å². The van der Waals surface area contributed by atoms with Gasteiger partial charge in [-0.1, -0.05) is 35.9 Å². The summed E-state index contributed by atoms with van der Waals surface area (Å²) in [6, 6.07) is 19.3. The summed E-state index contributed by atoms with van der Waals surface area (Å²) >= 11 is 5.95. The summed E-state index contributed by atoms with van der Waals surface area (Å²) in [5.41, 5.74) is 2.07. The first kappa shape index (κ1) is 17.8. The number of benzene rings is 2. The number of hydroxylamine groups is 1. The van der Waals surface area contributed by atoms with E-state index in [4.69, 9.17) is 16.4 Å². The van der Waals surface area contributed by atoms with E-state index in [1.807, 2.05) is 42.5 Å². The SMILES string of the molecule is O=C1[C@@H]2[C@@H](ON(c3ccccc3)[C@H]2c2cccnc2)C(=O)N1c1ccc(Cl)cc1. The predicted octanol–water partition coefficient (Wildman–Crippen LogP) is 3.79. The molecule has 144 valence electrons. The van der Waals surface area contributed by atoms with Crippen molar-refractivity contribution in [1.82, 2.24) is 4.98 Å². The van der Waals surface area contributed by atoms with E-state index in [-0.39, 0.29) is 11.8 Å². The number of hydrogen-bond donors (Lipinski definition) is 0. The Balaban J connectivity index is 1.58. The molecule has 3 heterocycles. The molecule has 2 aliphatic heterocycles. The molecule has 0 aliphatic carbocycles. The lowest BCUT2D eigenvalue weighted by Gasteiger charge is -2.28. The largest absolute Gasteiger partial charge is 0.273 e. The molecule has 7 heteroatoms. The Hall–Kier alpha value is -3.22. The lowest BCUT2D eigenvalue weighted by molar-refractivity contribution is -0.126. The van der Waals surface area contributed by atoms with Crippen LogP contribution in [0.1, 0.15) is 11.6 Å². The van der Waals surface area contributed by atoms with Crippen LogP contribution >= 0.6 is 11.6 Å². The molecule has 1 aromatic heterocycles. The van der Waals surface area contributed by atoms with Crippen molar-refractivity contribution < 1.29 is 14.4 Å². The van der Waals surface area contributed by atoms with E-state index in [9.17, 15) is 9.59 Å². The molecule has 0 bridgehead atoms. The molecule has 3 atom stereocenters. The Morgan fingerprint density at radius 3 is 2.31 bits per heavy atom. The number of para-hydroxylation sites is 1. The Morgan fingerprint density at radius 1 is 0.862 bits per heavy atom. The van der Waals surface area contributed by atoms with Gasteiger partial charge in [-0.2, -0.15) is 0 Å². The fraction of sp³-hybridized carbons (Fsp3) is 0.136. The second-order valence-electron chi connectivity index (χ2n) is 6.93. The quantitative estimate of drug-likeness (QED) is 0.620. The molecule has 2 saturated heterocycles. The first-order valence-electron chi connectivity index (χ1n) is 9.19. The van der Waals surface area contributed by atoms with Crippen molar-refractivity contribution in [3.63, 3.8) is 0 Å². The molecule has 0 radical (unpaired) electrons. The normalized spacial score (nSPS) is 23.6. The van der Waals surface area contributed by atoms with Crippen LogP contribution in [0.5, 0.6) is 0 Å². The Bertz CT molecular complexity index is 1060. The zero-order valence-corrected chi connectivity index (χ0v) is 15.9. The van der Waals surface area contributed by atoms with Gasteiger partial charge in [0.05, 0.1) is 17.4 Å². The maximum atomic E-state index is 13.4. The van der Waals surface area contributed by atoms with Gasteiger partial charge in [0.15, 0.2) is 6.10 Å². The number of imide groups is 1. The van der Waals surface area contributed by atoms with Crippen LogP contribution in [0.25, 0.3) is 0 Å². The number of carbonyl (C=O) groups excluding carboxylic acids is 2. The zero-order chi connectivity index (χ0) is 20.0. The van der Waals surface area contributed by atoms with Gasteiger partial charge >= 0.3 is 0 Å². The highest BCUT2D eigenvalue weighted by molar-refractivity contribution is 6.31. The standard InChI is InChI=1S/C22H16ClN3O3/c23-15-8-10-16(11-9-15)25-21(27)18-19(14-5-4-12-24-13-14)26(29-20(18)22(25)28)17-6-2-1-3-7-17/h1-13,18-20H/t18-,19-,20+/m0/s1. The van der Waals surface area contributed by atoms with E-state index < -0.39 is 18.1 Å². The van der Waals surface area contributed by atoms with Crippen LogP contribution in [0.3, 0.4) is 0 Å². The predicted molar refractivity (Wildman–Crippen MR) is 108 cm³/mol. The zero-order valence-electron chi connectivity index (χ0n) is 15.2. The van der Waals surface area contributed by atoms with E-state index in [1.165, 1.54) is 4.90 Å². The van der Waals surface area contributed by atoms with Crippen LogP contribution < -0.4 is 9.96 Å². The summed E-state index contributed by atoms with van der Waals surface area (Å²) in [5, 5.41) is 2.19. The molecule has 2 amide bonds. The van der Waals surface area contributed by atoms with E-state index in [2.05, 4.69) is 4.98 Å². The van der Waals surface area contributed by atoms with E-state index in [1.54, 1.807) is 41.7 Å².